The largest absolute Gasteiger partial charge is 0.496 e. The molecule has 2 rings (SSSR count). The Kier molecular flexibility index (Phi) is 2.63. The zero-order valence-corrected chi connectivity index (χ0v) is 10.1. The average Bonchev–Trinajstić information content (AvgIpc) is 2.25. The Labute approximate surface area is 99.9 Å². The molecule has 0 amide bonds. The number of hydrogen-bond acceptors (Lipinski definition) is 5. The molecule has 0 aliphatic carbocycles. The minimum absolute atomic E-state index is 0.0494. The number of hydrogen-bond donors (Lipinski definition) is 1. The molecule has 0 saturated heterocycles. The standard InChI is InChI=1S/C12H15N3O2/c1-8(16)10-6-15-7-14-12(2,13)5-9(15)4-11(10)17-3/h4-7H,13H2,1-3H3. The molecule has 0 saturated carbocycles. The van der Waals surface area contributed by atoms with Crippen molar-refractivity contribution in [3.63, 3.8) is 0 Å². The van der Waals surface area contributed by atoms with Gasteiger partial charge in [-0.05, 0) is 19.9 Å². The lowest BCUT2D eigenvalue weighted by molar-refractivity contribution is -0.113. The number of Topliss-reactive ketones (excluding diaryl/α,β-unsaturated/α-hetero) is 1. The fourth-order valence-corrected chi connectivity index (χ4v) is 1.74. The van der Waals surface area contributed by atoms with Crippen molar-refractivity contribution in [3.8, 4) is 0 Å². The van der Waals surface area contributed by atoms with Crippen LogP contribution in [-0.2, 0) is 9.53 Å². The number of fused-ring (bicyclic) bond motifs is 1. The van der Waals surface area contributed by atoms with Crippen LogP contribution in [0.3, 0.4) is 0 Å². The molecule has 2 aliphatic heterocycles. The minimum atomic E-state index is -0.719. The third-order valence-electron chi connectivity index (χ3n) is 2.61. The van der Waals surface area contributed by atoms with Crippen LogP contribution in [0.5, 0.6) is 0 Å². The highest BCUT2D eigenvalue weighted by molar-refractivity contribution is 5.98. The van der Waals surface area contributed by atoms with E-state index in [1.165, 1.54) is 14.0 Å². The quantitative estimate of drug-likeness (QED) is 0.769. The summed E-state index contributed by atoms with van der Waals surface area (Å²) in [5.41, 5.74) is 6.57. The summed E-state index contributed by atoms with van der Waals surface area (Å²) in [6.45, 7) is 3.31. The van der Waals surface area contributed by atoms with E-state index in [0.717, 1.165) is 5.70 Å². The van der Waals surface area contributed by atoms with E-state index in [2.05, 4.69) is 4.99 Å². The lowest BCUT2D eigenvalue weighted by Crippen LogP contribution is -2.38. The first-order valence-electron chi connectivity index (χ1n) is 5.27. The Balaban J connectivity index is 2.44. The summed E-state index contributed by atoms with van der Waals surface area (Å²) >= 11 is 0. The lowest BCUT2D eigenvalue weighted by atomic mass is 10.0. The predicted molar refractivity (Wildman–Crippen MR) is 64.9 cm³/mol. The van der Waals surface area contributed by atoms with Gasteiger partial charge >= 0.3 is 0 Å². The van der Waals surface area contributed by atoms with Crippen LogP contribution in [0, 0.1) is 0 Å². The van der Waals surface area contributed by atoms with Gasteiger partial charge in [-0.3, -0.25) is 4.79 Å². The van der Waals surface area contributed by atoms with Gasteiger partial charge in [-0.2, -0.15) is 0 Å². The van der Waals surface area contributed by atoms with Crippen molar-refractivity contribution in [2.24, 2.45) is 10.7 Å². The molecule has 5 heteroatoms. The fraction of sp³-hybridized carbons (Fsp3) is 0.333. The molecule has 2 N–H and O–H groups in total. The summed E-state index contributed by atoms with van der Waals surface area (Å²) in [7, 11) is 1.54. The number of carbonyl (C=O) groups is 1. The summed E-state index contributed by atoms with van der Waals surface area (Å²) in [5.74, 6) is 0.498. The van der Waals surface area contributed by atoms with Crippen LogP contribution in [0.25, 0.3) is 0 Å². The molecule has 1 unspecified atom stereocenters. The van der Waals surface area contributed by atoms with Crippen molar-refractivity contribution < 1.29 is 9.53 Å². The van der Waals surface area contributed by atoms with Gasteiger partial charge in [-0.25, -0.2) is 4.99 Å². The second-order valence-electron chi connectivity index (χ2n) is 4.26. The van der Waals surface area contributed by atoms with Gasteiger partial charge in [0.25, 0.3) is 0 Å². The molecular weight excluding hydrogens is 218 g/mol. The Morgan fingerprint density at radius 2 is 2.29 bits per heavy atom. The Morgan fingerprint density at radius 1 is 1.59 bits per heavy atom. The molecule has 1 atom stereocenters. The van der Waals surface area contributed by atoms with E-state index >= 15 is 0 Å². The van der Waals surface area contributed by atoms with Gasteiger partial charge in [0.2, 0.25) is 0 Å². The lowest BCUT2D eigenvalue weighted by Gasteiger charge is -2.30. The highest BCUT2D eigenvalue weighted by atomic mass is 16.5. The second-order valence-corrected chi connectivity index (χ2v) is 4.26. The predicted octanol–water partition coefficient (Wildman–Crippen LogP) is 0.906. The van der Waals surface area contributed by atoms with Gasteiger partial charge in [0.05, 0.1) is 19.0 Å². The van der Waals surface area contributed by atoms with E-state index in [4.69, 9.17) is 10.5 Å². The van der Waals surface area contributed by atoms with Crippen molar-refractivity contribution in [3.05, 3.63) is 35.4 Å². The van der Waals surface area contributed by atoms with Crippen LogP contribution in [0.1, 0.15) is 13.8 Å². The monoisotopic (exact) mass is 233 g/mol. The Morgan fingerprint density at radius 3 is 2.88 bits per heavy atom. The third kappa shape index (κ3) is 2.14. The van der Waals surface area contributed by atoms with Crippen LogP contribution in [0.2, 0.25) is 0 Å². The maximum Gasteiger partial charge on any atom is 0.165 e. The number of ketones is 1. The molecule has 0 fully saturated rings. The summed E-state index contributed by atoms with van der Waals surface area (Å²) in [4.78, 5) is 17.4. The Bertz CT molecular complexity index is 484. The number of carbonyl (C=O) groups excluding carboxylic acids is 1. The third-order valence-corrected chi connectivity index (χ3v) is 2.61. The van der Waals surface area contributed by atoms with E-state index in [1.54, 1.807) is 30.4 Å². The van der Waals surface area contributed by atoms with Crippen molar-refractivity contribution >= 4 is 12.1 Å². The van der Waals surface area contributed by atoms with Crippen molar-refractivity contribution in [1.29, 1.82) is 0 Å². The van der Waals surface area contributed by atoms with Crippen molar-refractivity contribution in [2.45, 2.75) is 19.5 Å². The number of aliphatic imine (C=N–C) groups is 1. The number of nitrogens with zero attached hydrogens (tertiary/aromatic N) is 2. The summed E-state index contributed by atoms with van der Waals surface area (Å²) in [6, 6.07) is 0. The van der Waals surface area contributed by atoms with E-state index in [0.29, 0.717) is 11.3 Å². The van der Waals surface area contributed by atoms with E-state index in [9.17, 15) is 4.79 Å². The molecule has 0 aromatic carbocycles. The first kappa shape index (κ1) is 11.6. The van der Waals surface area contributed by atoms with Gasteiger partial charge in [0.15, 0.2) is 5.78 Å². The molecule has 0 radical (unpaired) electrons. The molecule has 17 heavy (non-hydrogen) atoms. The zero-order valence-electron chi connectivity index (χ0n) is 10.1. The normalized spacial score (nSPS) is 26.8. The van der Waals surface area contributed by atoms with Crippen LogP contribution in [0.15, 0.2) is 40.4 Å². The van der Waals surface area contributed by atoms with Crippen molar-refractivity contribution in [1.82, 2.24) is 4.90 Å². The van der Waals surface area contributed by atoms with Crippen LogP contribution >= 0.6 is 0 Å². The second kappa shape index (κ2) is 3.85. The smallest absolute Gasteiger partial charge is 0.165 e. The van der Waals surface area contributed by atoms with Crippen LogP contribution in [0.4, 0.5) is 0 Å². The molecule has 0 spiro atoms. The van der Waals surface area contributed by atoms with E-state index < -0.39 is 5.66 Å². The summed E-state index contributed by atoms with van der Waals surface area (Å²) in [6.07, 6.45) is 6.92. The maximum atomic E-state index is 11.5. The maximum absolute atomic E-state index is 11.5. The molecule has 2 heterocycles. The molecule has 0 aromatic heterocycles. The number of allylic oxidation sites excluding steroid dienone is 2. The molecular formula is C12H15N3O2. The number of rotatable bonds is 2. The molecule has 2 aliphatic rings. The summed E-state index contributed by atoms with van der Waals surface area (Å²) in [5, 5.41) is 0. The Hall–Kier alpha value is -1.88. The van der Waals surface area contributed by atoms with Gasteiger partial charge in [-0.1, -0.05) is 0 Å². The van der Waals surface area contributed by atoms with Gasteiger partial charge in [0, 0.05) is 18.0 Å². The zero-order chi connectivity index (χ0) is 12.6. The van der Waals surface area contributed by atoms with E-state index in [-0.39, 0.29) is 5.78 Å². The molecule has 90 valence electrons. The van der Waals surface area contributed by atoms with Gasteiger partial charge in [-0.15, -0.1) is 0 Å². The average molecular weight is 233 g/mol. The number of methoxy groups -OCH3 is 1. The van der Waals surface area contributed by atoms with Gasteiger partial charge in [0.1, 0.15) is 11.4 Å². The number of ether oxygens (including phenoxy) is 1. The fourth-order valence-electron chi connectivity index (χ4n) is 1.74. The first-order valence-corrected chi connectivity index (χ1v) is 5.27. The van der Waals surface area contributed by atoms with Crippen LogP contribution < -0.4 is 5.73 Å². The number of nitrogens with two attached hydrogens (primary N) is 1. The highest BCUT2D eigenvalue weighted by Gasteiger charge is 2.26. The van der Waals surface area contributed by atoms with Gasteiger partial charge < -0.3 is 15.4 Å². The molecule has 0 bridgehead atoms. The topological polar surface area (TPSA) is 67.9 Å². The SMILES string of the molecule is COC1=CC2=CC(C)(N)N=CN2C=C1C(C)=O. The highest BCUT2D eigenvalue weighted by Crippen LogP contribution is 2.27. The van der Waals surface area contributed by atoms with Crippen LogP contribution in [-0.4, -0.2) is 29.8 Å². The van der Waals surface area contributed by atoms with E-state index in [1.807, 2.05) is 6.08 Å². The first-order chi connectivity index (χ1) is 7.93. The molecule has 0 aromatic rings. The molecule has 5 nitrogen and oxygen atoms in total. The summed E-state index contributed by atoms with van der Waals surface area (Å²) < 4.78 is 5.20. The minimum Gasteiger partial charge on any atom is -0.496 e. The van der Waals surface area contributed by atoms with Crippen molar-refractivity contribution in [2.75, 3.05) is 7.11 Å².